The quantitative estimate of drug-likeness (QED) is 0.525. The molecule has 26 heavy (non-hydrogen) atoms. The highest BCUT2D eigenvalue weighted by atomic mass is 16.7. The Morgan fingerprint density at radius 1 is 0.731 bits per heavy atom. The van der Waals surface area contributed by atoms with Gasteiger partial charge in [0.15, 0.2) is 0 Å². The standard InChI is InChI=1S/C20H20N2O4/c1-3-19(23)21-25-17-11-15-9-13-7-5-6-8-14(13)10-16(15)12-18(17)26-22-20(24)4-2/h5-12H,3-4H2,1-2H3,(H,21,23)(H,22,24). The second kappa shape index (κ2) is 7.74. The maximum absolute atomic E-state index is 11.5. The van der Waals surface area contributed by atoms with Crippen LogP contribution in [0.25, 0.3) is 21.5 Å². The Balaban J connectivity index is 2.02. The molecule has 0 spiro atoms. The summed E-state index contributed by atoms with van der Waals surface area (Å²) in [5, 5.41) is 4.05. The highest BCUT2D eigenvalue weighted by Gasteiger charge is 2.12. The predicted molar refractivity (Wildman–Crippen MR) is 99.6 cm³/mol. The molecule has 0 radical (unpaired) electrons. The smallest absolute Gasteiger partial charge is 0.252 e. The van der Waals surface area contributed by atoms with Gasteiger partial charge in [0.1, 0.15) is 0 Å². The van der Waals surface area contributed by atoms with Crippen LogP contribution in [0.1, 0.15) is 26.7 Å². The number of hydroxylamine groups is 2. The molecule has 0 unspecified atom stereocenters. The first-order valence-electron chi connectivity index (χ1n) is 8.48. The van der Waals surface area contributed by atoms with E-state index in [-0.39, 0.29) is 11.8 Å². The number of benzene rings is 3. The number of hydrogen-bond donors (Lipinski definition) is 2. The molecule has 0 bridgehead atoms. The first kappa shape index (κ1) is 17.5. The van der Waals surface area contributed by atoms with E-state index in [0.717, 1.165) is 21.5 Å². The zero-order valence-electron chi connectivity index (χ0n) is 14.7. The largest absolute Gasteiger partial charge is 0.375 e. The molecule has 3 rings (SSSR count). The molecule has 2 amide bonds. The number of amides is 2. The summed E-state index contributed by atoms with van der Waals surface area (Å²) < 4.78 is 0. The van der Waals surface area contributed by atoms with E-state index < -0.39 is 0 Å². The SMILES string of the molecule is CCC(=O)NOc1cc2cc3ccccc3cc2cc1ONC(=O)CC. The molecule has 0 aromatic heterocycles. The summed E-state index contributed by atoms with van der Waals surface area (Å²) >= 11 is 0. The van der Waals surface area contributed by atoms with Gasteiger partial charge in [0, 0.05) is 12.8 Å². The second-order valence-corrected chi connectivity index (χ2v) is 5.81. The van der Waals surface area contributed by atoms with Gasteiger partial charge >= 0.3 is 0 Å². The number of hydrogen-bond acceptors (Lipinski definition) is 4. The fraction of sp³-hybridized carbons (Fsp3) is 0.200. The molecule has 0 aliphatic heterocycles. The van der Waals surface area contributed by atoms with Crippen LogP contribution < -0.4 is 20.6 Å². The van der Waals surface area contributed by atoms with Gasteiger partial charge in [-0.1, -0.05) is 38.1 Å². The van der Waals surface area contributed by atoms with Crippen LogP contribution in [-0.4, -0.2) is 11.8 Å². The van der Waals surface area contributed by atoms with E-state index in [0.29, 0.717) is 24.3 Å². The topological polar surface area (TPSA) is 76.7 Å². The summed E-state index contributed by atoms with van der Waals surface area (Å²) in [7, 11) is 0. The summed E-state index contributed by atoms with van der Waals surface area (Å²) in [5.41, 5.74) is 4.72. The molecule has 6 heteroatoms. The van der Waals surface area contributed by atoms with E-state index in [1.807, 2.05) is 36.4 Å². The first-order chi connectivity index (χ1) is 12.6. The molecule has 2 N–H and O–H groups in total. The van der Waals surface area contributed by atoms with Crippen LogP contribution in [0, 0.1) is 0 Å². The van der Waals surface area contributed by atoms with Crippen molar-refractivity contribution in [2.75, 3.05) is 0 Å². The fourth-order valence-electron chi connectivity index (χ4n) is 2.48. The van der Waals surface area contributed by atoms with E-state index in [2.05, 4.69) is 11.0 Å². The maximum atomic E-state index is 11.5. The number of carbonyl (C=O) groups is 2. The van der Waals surface area contributed by atoms with Crippen molar-refractivity contribution < 1.29 is 19.3 Å². The van der Waals surface area contributed by atoms with Gasteiger partial charge in [0.05, 0.1) is 0 Å². The minimum Gasteiger partial charge on any atom is -0.375 e. The molecule has 0 fully saturated rings. The molecular formula is C20H20N2O4. The molecule has 134 valence electrons. The van der Waals surface area contributed by atoms with Crippen LogP contribution in [-0.2, 0) is 9.59 Å². The zero-order chi connectivity index (χ0) is 18.5. The summed E-state index contributed by atoms with van der Waals surface area (Å²) in [6.45, 7) is 3.45. The van der Waals surface area contributed by atoms with Crippen molar-refractivity contribution >= 4 is 33.4 Å². The molecule has 0 aliphatic rings. The minimum atomic E-state index is -0.257. The van der Waals surface area contributed by atoms with Gasteiger partial charge in [-0.05, 0) is 45.8 Å². The van der Waals surface area contributed by atoms with E-state index in [9.17, 15) is 9.59 Å². The highest BCUT2D eigenvalue weighted by Crippen LogP contribution is 2.34. The summed E-state index contributed by atoms with van der Waals surface area (Å²) in [4.78, 5) is 33.8. The third-order valence-corrected chi connectivity index (χ3v) is 3.96. The maximum Gasteiger partial charge on any atom is 0.252 e. The fourth-order valence-corrected chi connectivity index (χ4v) is 2.48. The van der Waals surface area contributed by atoms with Crippen LogP contribution >= 0.6 is 0 Å². The monoisotopic (exact) mass is 352 g/mol. The van der Waals surface area contributed by atoms with Gasteiger partial charge in [-0.2, -0.15) is 11.0 Å². The lowest BCUT2D eigenvalue weighted by molar-refractivity contribution is -0.129. The second-order valence-electron chi connectivity index (χ2n) is 5.81. The minimum absolute atomic E-state index is 0.257. The van der Waals surface area contributed by atoms with Gasteiger partial charge < -0.3 is 9.68 Å². The van der Waals surface area contributed by atoms with Crippen LogP contribution in [0.3, 0.4) is 0 Å². The van der Waals surface area contributed by atoms with Gasteiger partial charge in [-0.15, -0.1) is 0 Å². The van der Waals surface area contributed by atoms with E-state index >= 15 is 0 Å². The van der Waals surface area contributed by atoms with E-state index in [1.165, 1.54) is 0 Å². The average molecular weight is 352 g/mol. The van der Waals surface area contributed by atoms with Crippen LogP contribution in [0.4, 0.5) is 0 Å². The molecule has 0 aliphatic carbocycles. The molecule has 6 nitrogen and oxygen atoms in total. The van der Waals surface area contributed by atoms with Crippen LogP contribution in [0.5, 0.6) is 11.5 Å². The Labute approximate surface area is 151 Å². The predicted octanol–water partition coefficient (Wildman–Crippen LogP) is 3.63. The summed E-state index contributed by atoms with van der Waals surface area (Å²) in [6, 6.07) is 15.6. The van der Waals surface area contributed by atoms with Crippen molar-refractivity contribution in [3.05, 3.63) is 48.5 Å². The Morgan fingerprint density at radius 2 is 1.15 bits per heavy atom. The van der Waals surface area contributed by atoms with Crippen LogP contribution in [0.15, 0.2) is 48.5 Å². The summed E-state index contributed by atoms with van der Waals surface area (Å²) in [6.07, 6.45) is 0.585. The Morgan fingerprint density at radius 3 is 1.54 bits per heavy atom. The lowest BCUT2D eigenvalue weighted by Crippen LogP contribution is -2.28. The normalized spacial score (nSPS) is 10.5. The molecule has 3 aromatic rings. The van der Waals surface area contributed by atoms with Crippen molar-refractivity contribution in [1.82, 2.24) is 11.0 Å². The van der Waals surface area contributed by atoms with E-state index in [1.54, 1.807) is 26.0 Å². The molecule has 0 saturated heterocycles. The molecule has 0 saturated carbocycles. The third kappa shape index (κ3) is 3.85. The lowest BCUT2D eigenvalue weighted by atomic mass is 10.0. The Hall–Kier alpha value is -3.28. The van der Waals surface area contributed by atoms with Gasteiger partial charge in [-0.25, -0.2) is 0 Å². The van der Waals surface area contributed by atoms with Crippen molar-refractivity contribution in [3.63, 3.8) is 0 Å². The molecule has 3 aromatic carbocycles. The average Bonchev–Trinajstić information content (AvgIpc) is 2.68. The van der Waals surface area contributed by atoms with Gasteiger partial charge in [0.25, 0.3) is 11.8 Å². The number of rotatable bonds is 6. The number of nitrogens with one attached hydrogen (secondary N) is 2. The highest BCUT2D eigenvalue weighted by molar-refractivity contribution is 5.99. The van der Waals surface area contributed by atoms with Crippen LogP contribution in [0.2, 0.25) is 0 Å². The lowest BCUT2D eigenvalue weighted by Gasteiger charge is -2.14. The van der Waals surface area contributed by atoms with Gasteiger partial charge in [0.2, 0.25) is 11.5 Å². The molecular weight excluding hydrogens is 332 g/mol. The van der Waals surface area contributed by atoms with Crippen molar-refractivity contribution in [1.29, 1.82) is 0 Å². The van der Waals surface area contributed by atoms with Crippen molar-refractivity contribution in [3.8, 4) is 11.5 Å². The van der Waals surface area contributed by atoms with Gasteiger partial charge in [-0.3, -0.25) is 9.59 Å². The third-order valence-electron chi connectivity index (χ3n) is 3.96. The Bertz CT molecular complexity index is 891. The first-order valence-corrected chi connectivity index (χ1v) is 8.48. The number of carbonyl (C=O) groups excluding carboxylic acids is 2. The molecule has 0 atom stereocenters. The van der Waals surface area contributed by atoms with Crippen molar-refractivity contribution in [2.24, 2.45) is 0 Å². The van der Waals surface area contributed by atoms with Crippen molar-refractivity contribution in [2.45, 2.75) is 26.7 Å². The summed E-state index contributed by atoms with van der Waals surface area (Å²) in [5.74, 6) is 0.108. The van der Waals surface area contributed by atoms with E-state index in [4.69, 9.17) is 9.68 Å². The number of fused-ring (bicyclic) bond motifs is 2. The molecule has 0 heterocycles. The zero-order valence-corrected chi connectivity index (χ0v) is 14.7. The Kier molecular flexibility index (Phi) is 5.22.